The van der Waals surface area contributed by atoms with Crippen LogP contribution in [0.15, 0.2) is 175 Å². The minimum Gasteiger partial charge on any atom is -0.497 e. The number of rotatable bonds is 26. The highest BCUT2D eigenvalue weighted by atomic mass is 33.1. The van der Waals surface area contributed by atoms with E-state index in [2.05, 4.69) is 79.9 Å². The Bertz CT molecular complexity index is 4350. The number of nitrogens with two attached hydrogens (primary N) is 3. The standard InChI is InChI=1S/C74H102N20O19S2/c1-39(77)62(100)82-35-59(99)83-56-37-114-115-38-57(74(112)113)92-70(108)55(36-95)91-73(111)61(41(3)97)94-69(107)51(29-43-18-8-5-9-19-43)90-72(110)60(40(2)96)93-64(102)49(23-13-15-25-76)84-66(104)52(30-44-33-81-47-21-11-10-20-46(44)47)87-65(103)50(28-42-16-6-4-7-17-42)86-67(105)53(31-45-34-79-26-27-80-45)88-68(106)54(32-58(78)98)89-63(101)48(85-71(56)109)22-12-14-24-75/h4-11,16-21,26-27,33-34,39-41,48-57,60-61,81,95-97H,12-15,22-25,28-32,35-38,75-77H2,1-3H3,(H2,78,98)(H,82,100)(H,83,99)(H,84,104)(H,85,109)(H,86,105)(H,87,103)(H,88,106)(H,89,101)(H,90,110)(H,91,111)(H,92,108)(H,93,102)(H,94,107)(H,112,113)/t39-,40?,41?,48-,49+,50+,51-,52-,53-,54+,55-,56-,57-,60+,61+/m0/s1. The highest BCUT2D eigenvalue weighted by molar-refractivity contribution is 8.76. The monoisotopic (exact) mass is 1640 g/mol. The topological polar surface area (TPSA) is 685 Å². The fraction of sp³-hybridized carbons (Fsp3) is 0.473. The van der Waals surface area contributed by atoms with Crippen molar-refractivity contribution in [2.75, 3.05) is 37.7 Å². The van der Waals surface area contributed by atoms with Gasteiger partial charge in [0.1, 0.15) is 54.9 Å². The number of aliphatic hydroxyl groups is 17. The van der Waals surface area contributed by atoms with Crippen LogP contribution in [0.5, 0.6) is 0 Å². The van der Waals surface area contributed by atoms with Crippen LogP contribution >= 0.6 is 21.6 Å². The molecule has 1 aliphatic rings. The number of carboxylic acids is 1. The van der Waals surface area contributed by atoms with E-state index in [1.165, 1.54) is 32.4 Å². The number of fused-ring (bicyclic) bond motifs is 1. The smallest absolute Gasteiger partial charge is 0.329 e. The van der Waals surface area contributed by atoms with Crippen LogP contribution in [0.4, 0.5) is 0 Å². The zero-order valence-corrected chi connectivity index (χ0v) is 64.9. The molecule has 0 bridgehead atoms. The lowest BCUT2D eigenvalue weighted by molar-refractivity contribution is -0.137. The number of carbonyl (C=O) groups is 1. The van der Waals surface area contributed by atoms with E-state index in [0.29, 0.717) is 40.4 Å². The first-order valence-electron chi connectivity index (χ1n) is 36.6. The minimum absolute atomic E-state index is 0.123. The normalized spacial score (nSPS) is 24.2. The molecule has 2 unspecified atom stereocenters. The Labute approximate surface area is 669 Å². The van der Waals surface area contributed by atoms with Crippen molar-refractivity contribution in [1.82, 2.24) is 15.0 Å². The molecule has 3 aromatic carbocycles. The van der Waals surface area contributed by atoms with Gasteiger partial charge in [-0.3, -0.25) is 15.4 Å². The van der Waals surface area contributed by atoms with E-state index in [4.69, 9.17) is 22.6 Å². The van der Waals surface area contributed by atoms with Crippen LogP contribution in [0.2, 0.25) is 0 Å². The van der Waals surface area contributed by atoms with Crippen LogP contribution in [-0.2, 0) is 30.5 Å². The molecule has 0 fully saturated rings. The first-order valence-corrected chi connectivity index (χ1v) is 39.0. The third-order valence-electron chi connectivity index (χ3n) is 17.2. The number of aliphatic hydroxyl groups excluding tert-OH is 17. The molecule has 0 spiro atoms. The van der Waals surface area contributed by atoms with Crippen molar-refractivity contribution in [3.63, 3.8) is 0 Å². The van der Waals surface area contributed by atoms with Crippen molar-refractivity contribution < 1.29 is 96.7 Å². The Morgan fingerprint density at radius 3 is 1.48 bits per heavy atom. The number of nitrogens with one attached hydrogen (secondary N) is 2. The van der Waals surface area contributed by atoms with Gasteiger partial charge < -0.3 is 114 Å². The summed E-state index contributed by atoms with van der Waals surface area (Å²) in [5.74, 6) is -15.9. The lowest BCUT2D eigenvalue weighted by Gasteiger charge is -2.21. The number of unbranched alkanes of at least 4 members (excludes halogenated alkanes) is 2. The summed E-state index contributed by atoms with van der Waals surface area (Å²) in [5, 5.41) is 216. The second kappa shape index (κ2) is 47.5. The van der Waals surface area contributed by atoms with Crippen LogP contribution < -0.4 is 17.2 Å². The Hall–Kier alpha value is -11.2. The molecule has 26 N–H and O–H groups in total. The molecule has 39 nitrogen and oxygen atoms in total. The Morgan fingerprint density at radius 1 is 0.530 bits per heavy atom. The molecular formula is C74H102N20O19S2. The third-order valence-corrected chi connectivity index (χ3v) is 19.6. The van der Waals surface area contributed by atoms with E-state index in [1.807, 2.05) is 0 Å². The minimum atomic E-state index is -1.97. The maximum absolute atomic E-state index is 12.8. The molecule has 15 atom stereocenters. The molecule has 0 aliphatic carbocycles. The van der Waals surface area contributed by atoms with Gasteiger partial charge in [-0.15, -0.1) is 0 Å². The second-order valence-electron chi connectivity index (χ2n) is 26.6. The van der Waals surface area contributed by atoms with Gasteiger partial charge in [-0.05, 0) is 95.1 Å². The molecule has 0 saturated heterocycles. The van der Waals surface area contributed by atoms with Crippen molar-refractivity contribution >= 4 is 121 Å². The first kappa shape index (κ1) is 92.7. The number of hydrogen-bond acceptors (Lipinski definition) is 25. The SMILES string of the molecule is CC(O)[C@H]1N=C(O)[C@H](Cc2ccccc2)N=C(O)[C@@H](C(C)O)N=C(O)[C@@H](CCCCN)N=C(O)[C@H](Cc2c[nH]c3ccccc23)N=C(O)[C@@H](Cc2ccccc2)N=C(O)[C@H](Cc2cnccn2)N=C(O)[C@@H](CC(=N)O)N=C(O)[C@H](CCCCN)N=C(O)[C@@H](N=C(O)CN=C(O)[C@H](C)N)CSSC[C@@H](C(=O)O)N=C(O)[C@H](CO)N=C1O. The summed E-state index contributed by atoms with van der Waals surface area (Å²) in [5.41, 5.74) is 19.8. The number of hydrogen-bond donors (Lipinski definition) is 23. The second-order valence-corrected chi connectivity index (χ2v) is 29.1. The van der Waals surface area contributed by atoms with Gasteiger partial charge in [0.25, 0.3) is 0 Å². The number of aliphatic carboxylic acids is 1. The van der Waals surface area contributed by atoms with Crippen molar-refractivity contribution in [3.8, 4) is 0 Å². The highest BCUT2D eigenvalue weighted by Gasteiger charge is 2.34. The molecule has 0 saturated carbocycles. The van der Waals surface area contributed by atoms with Gasteiger partial charge in [0.2, 0.25) is 70.8 Å². The van der Waals surface area contributed by atoms with Crippen LogP contribution in [0.25, 0.3) is 10.9 Å². The highest BCUT2D eigenvalue weighted by Crippen LogP contribution is 2.27. The number of aromatic amines is 1. The Kier molecular flexibility index (Phi) is 38.2. The van der Waals surface area contributed by atoms with Gasteiger partial charge in [-0.1, -0.05) is 100 Å². The fourth-order valence-corrected chi connectivity index (χ4v) is 13.3. The molecule has 2 aromatic heterocycles. The first-order chi connectivity index (χ1) is 54.9. The summed E-state index contributed by atoms with van der Waals surface area (Å²) in [7, 11) is 1.55. The van der Waals surface area contributed by atoms with Gasteiger partial charge >= 0.3 is 5.97 Å². The predicted molar refractivity (Wildman–Crippen MR) is 447 cm³/mol. The van der Waals surface area contributed by atoms with Gasteiger partial charge in [-0.25, -0.2) is 69.7 Å². The number of benzene rings is 3. The van der Waals surface area contributed by atoms with Gasteiger partial charge in [0.05, 0.1) is 37.0 Å². The molecule has 6 rings (SSSR count). The van der Waals surface area contributed by atoms with Crippen molar-refractivity contribution in [2.24, 2.45) is 82.1 Å². The van der Waals surface area contributed by atoms with Crippen molar-refractivity contribution in [2.45, 2.75) is 182 Å². The molecule has 0 amide bonds. The summed E-state index contributed by atoms with van der Waals surface area (Å²) in [6, 6.07) is 1.72. The summed E-state index contributed by atoms with van der Waals surface area (Å²) in [6.07, 6.45) is 0.753. The lowest BCUT2D eigenvalue weighted by atomic mass is 10.0. The van der Waals surface area contributed by atoms with E-state index >= 15 is 0 Å². The average Bonchev–Trinajstić information content (AvgIpc) is 1.43. The van der Waals surface area contributed by atoms with Crippen LogP contribution in [0, 0.1) is 5.41 Å². The number of aliphatic imine (C=N–C) groups is 13. The molecule has 624 valence electrons. The number of nitrogens with zero attached hydrogens (tertiary/aromatic N) is 15. The van der Waals surface area contributed by atoms with Crippen molar-refractivity contribution in [1.29, 1.82) is 5.41 Å². The van der Waals surface area contributed by atoms with Crippen LogP contribution in [0.1, 0.15) is 88.1 Å². The molecule has 5 aromatic rings. The molecule has 41 heteroatoms. The van der Waals surface area contributed by atoms with Gasteiger partial charge in [0, 0.05) is 72.9 Å². The lowest BCUT2D eigenvalue weighted by Crippen LogP contribution is -2.38. The van der Waals surface area contributed by atoms with Gasteiger partial charge in [-0.2, -0.15) is 0 Å². The summed E-state index contributed by atoms with van der Waals surface area (Å²) in [6.45, 7) is 2.10. The maximum Gasteiger partial charge on any atom is 0.329 e. The van der Waals surface area contributed by atoms with Crippen LogP contribution in [0.3, 0.4) is 0 Å². The van der Waals surface area contributed by atoms with E-state index in [-0.39, 0.29) is 63.7 Å². The summed E-state index contributed by atoms with van der Waals surface area (Å²) in [4.78, 5) is 79.3. The van der Waals surface area contributed by atoms with E-state index in [9.17, 15) is 96.7 Å². The molecule has 1 aliphatic heterocycles. The zero-order chi connectivity index (χ0) is 84.3. The van der Waals surface area contributed by atoms with Gasteiger partial charge in [0.15, 0.2) is 36.0 Å². The van der Waals surface area contributed by atoms with Crippen molar-refractivity contribution in [3.05, 3.63) is 132 Å². The summed E-state index contributed by atoms with van der Waals surface area (Å²) >= 11 is 0. The summed E-state index contributed by atoms with van der Waals surface area (Å²) < 4.78 is 0. The molecule has 0 radical (unpaired) electrons. The quantitative estimate of drug-likeness (QED) is 0.0134. The molecule has 115 heavy (non-hydrogen) atoms. The van der Waals surface area contributed by atoms with E-state index in [1.54, 1.807) is 91.1 Å². The Morgan fingerprint density at radius 2 is 0.974 bits per heavy atom. The Balaban J connectivity index is 1.66. The molecule has 3 heterocycles. The van der Waals surface area contributed by atoms with E-state index in [0.717, 1.165) is 28.5 Å². The largest absolute Gasteiger partial charge is 0.497 e. The number of aromatic nitrogens is 3. The number of para-hydroxylation sites is 1. The van der Waals surface area contributed by atoms with Crippen LogP contribution in [-0.4, -0.2) is 324 Å². The van der Waals surface area contributed by atoms with E-state index < -0.39 is 217 Å². The third kappa shape index (κ3) is 30.6. The fourth-order valence-electron chi connectivity index (χ4n) is 11.1. The number of H-pyrrole nitrogens is 1. The number of carboxylic acid groups (broad SMARTS) is 1. The average molecular weight is 1640 g/mol. The maximum atomic E-state index is 12.8. The predicted octanol–water partition coefficient (Wildman–Crippen LogP) is 5.85. The zero-order valence-electron chi connectivity index (χ0n) is 63.3. The molecular weight excluding hydrogens is 1540 g/mol.